The molecule has 20 heavy (non-hydrogen) atoms. The lowest BCUT2D eigenvalue weighted by molar-refractivity contribution is 0.297. The highest BCUT2D eigenvalue weighted by molar-refractivity contribution is 5.30. The lowest BCUT2D eigenvalue weighted by Crippen LogP contribution is -2.15. The molecule has 1 unspecified atom stereocenters. The van der Waals surface area contributed by atoms with Crippen LogP contribution in [0.15, 0.2) is 48.5 Å². The Balaban J connectivity index is 1.90. The van der Waals surface area contributed by atoms with Crippen LogP contribution in [0.3, 0.4) is 0 Å². The van der Waals surface area contributed by atoms with Crippen LogP contribution in [0.4, 0.5) is 4.39 Å². The summed E-state index contributed by atoms with van der Waals surface area (Å²) >= 11 is 0. The molecule has 0 aliphatic carbocycles. The van der Waals surface area contributed by atoms with E-state index in [-0.39, 0.29) is 5.82 Å². The molecule has 0 bridgehead atoms. The SMILES string of the molecule is COc1ccc(C(N)CCOc2ccccc2)c(F)c1. The molecule has 0 spiro atoms. The van der Waals surface area contributed by atoms with Gasteiger partial charge in [0, 0.05) is 24.1 Å². The van der Waals surface area contributed by atoms with Crippen LogP contribution in [-0.2, 0) is 0 Å². The third kappa shape index (κ3) is 3.71. The molecular formula is C16H18FNO2. The van der Waals surface area contributed by atoms with Crippen LogP contribution < -0.4 is 15.2 Å². The first kappa shape index (κ1) is 14.3. The Morgan fingerprint density at radius 2 is 1.85 bits per heavy atom. The van der Waals surface area contributed by atoms with E-state index >= 15 is 0 Å². The third-order valence-corrected chi connectivity index (χ3v) is 3.05. The van der Waals surface area contributed by atoms with Gasteiger partial charge in [0.1, 0.15) is 17.3 Å². The minimum absolute atomic E-state index is 0.350. The van der Waals surface area contributed by atoms with Gasteiger partial charge in [0.25, 0.3) is 0 Å². The molecule has 0 saturated heterocycles. The molecule has 0 radical (unpaired) electrons. The van der Waals surface area contributed by atoms with E-state index in [0.29, 0.717) is 24.3 Å². The van der Waals surface area contributed by atoms with Crippen molar-refractivity contribution >= 4 is 0 Å². The Bertz CT molecular complexity index is 545. The second-order valence-electron chi connectivity index (χ2n) is 4.44. The van der Waals surface area contributed by atoms with Gasteiger partial charge in [0.2, 0.25) is 0 Å². The Morgan fingerprint density at radius 1 is 1.10 bits per heavy atom. The van der Waals surface area contributed by atoms with Crippen LogP contribution in [0.25, 0.3) is 0 Å². The molecule has 2 N–H and O–H groups in total. The van der Waals surface area contributed by atoms with Gasteiger partial charge in [-0.05, 0) is 18.2 Å². The number of nitrogens with two attached hydrogens (primary N) is 1. The summed E-state index contributed by atoms with van der Waals surface area (Å²) in [5.41, 5.74) is 6.47. The molecule has 4 heteroatoms. The van der Waals surface area contributed by atoms with Gasteiger partial charge in [-0.2, -0.15) is 0 Å². The summed E-state index contributed by atoms with van der Waals surface area (Å²) < 4.78 is 24.4. The summed E-state index contributed by atoms with van der Waals surface area (Å²) in [6.07, 6.45) is 0.540. The highest BCUT2D eigenvalue weighted by Gasteiger charge is 2.12. The van der Waals surface area contributed by atoms with Crippen LogP contribution in [0, 0.1) is 5.82 Å². The first-order valence-corrected chi connectivity index (χ1v) is 6.47. The predicted molar refractivity (Wildman–Crippen MR) is 76.4 cm³/mol. The maximum atomic E-state index is 13.8. The van der Waals surface area contributed by atoms with Crippen molar-refractivity contribution in [2.45, 2.75) is 12.5 Å². The van der Waals surface area contributed by atoms with Gasteiger partial charge in [0.15, 0.2) is 0 Å². The van der Waals surface area contributed by atoms with Crippen LogP contribution in [0.5, 0.6) is 11.5 Å². The molecule has 0 aliphatic rings. The topological polar surface area (TPSA) is 44.5 Å². The van der Waals surface area contributed by atoms with Crippen molar-refractivity contribution in [1.29, 1.82) is 0 Å². The van der Waals surface area contributed by atoms with Crippen molar-refractivity contribution in [2.75, 3.05) is 13.7 Å². The van der Waals surface area contributed by atoms with Gasteiger partial charge in [0.05, 0.1) is 13.7 Å². The average Bonchev–Trinajstić information content (AvgIpc) is 2.48. The quantitative estimate of drug-likeness (QED) is 0.879. The molecule has 0 fully saturated rings. The lowest BCUT2D eigenvalue weighted by Gasteiger charge is -2.14. The molecule has 2 aromatic carbocycles. The second kappa shape index (κ2) is 6.91. The van der Waals surface area contributed by atoms with Crippen molar-refractivity contribution in [3.63, 3.8) is 0 Å². The second-order valence-corrected chi connectivity index (χ2v) is 4.44. The van der Waals surface area contributed by atoms with Gasteiger partial charge < -0.3 is 15.2 Å². The minimum Gasteiger partial charge on any atom is -0.497 e. The number of hydrogen-bond acceptors (Lipinski definition) is 3. The first-order valence-electron chi connectivity index (χ1n) is 6.47. The number of hydrogen-bond donors (Lipinski definition) is 1. The number of para-hydroxylation sites is 1. The summed E-state index contributed by atoms with van der Waals surface area (Å²) in [5.74, 6) is 0.922. The standard InChI is InChI=1S/C16H18FNO2/c1-19-13-7-8-14(15(17)11-13)16(18)9-10-20-12-5-3-2-4-6-12/h2-8,11,16H,9-10,18H2,1H3. The molecule has 0 aromatic heterocycles. The van der Waals surface area contributed by atoms with E-state index < -0.39 is 6.04 Å². The molecule has 2 aromatic rings. The number of halogens is 1. The van der Waals surface area contributed by atoms with Gasteiger partial charge in [-0.25, -0.2) is 4.39 Å². The van der Waals surface area contributed by atoms with Gasteiger partial charge in [-0.3, -0.25) is 0 Å². The van der Waals surface area contributed by atoms with Crippen molar-refractivity contribution in [1.82, 2.24) is 0 Å². The summed E-state index contributed by atoms with van der Waals surface area (Å²) in [5, 5.41) is 0. The van der Waals surface area contributed by atoms with Crippen LogP contribution in [0.1, 0.15) is 18.0 Å². The molecule has 0 aliphatic heterocycles. The monoisotopic (exact) mass is 275 g/mol. The van der Waals surface area contributed by atoms with Crippen molar-refractivity contribution in [3.05, 3.63) is 59.9 Å². The van der Waals surface area contributed by atoms with Crippen molar-refractivity contribution < 1.29 is 13.9 Å². The maximum Gasteiger partial charge on any atom is 0.131 e. The molecule has 3 nitrogen and oxygen atoms in total. The zero-order valence-corrected chi connectivity index (χ0v) is 11.4. The summed E-state index contributed by atoms with van der Waals surface area (Å²) in [6.45, 7) is 0.441. The Kier molecular flexibility index (Phi) is 4.96. The van der Waals surface area contributed by atoms with Crippen molar-refractivity contribution in [3.8, 4) is 11.5 Å². The molecule has 1 atom stereocenters. The maximum absolute atomic E-state index is 13.8. The summed E-state index contributed by atoms with van der Waals surface area (Å²) in [7, 11) is 1.50. The van der Waals surface area contributed by atoms with Crippen LogP contribution in [0.2, 0.25) is 0 Å². The highest BCUT2D eigenvalue weighted by atomic mass is 19.1. The van der Waals surface area contributed by atoms with Gasteiger partial charge >= 0.3 is 0 Å². The van der Waals surface area contributed by atoms with E-state index in [1.165, 1.54) is 13.2 Å². The van der Waals surface area contributed by atoms with E-state index in [4.69, 9.17) is 15.2 Å². The lowest BCUT2D eigenvalue weighted by atomic mass is 10.0. The normalized spacial score (nSPS) is 11.9. The number of benzene rings is 2. The highest BCUT2D eigenvalue weighted by Crippen LogP contribution is 2.22. The zero-order valence-electron chi connectivity index (χ0n) is 11.4. The molecule has 0 heterocycles. The fraction of sp³-hybridized carbons (Fsp3) is 0.250. The molecule has 106 valence electrons. The predicted octanol–water partition coefficient (Wildman–Crippen LogP) is 3.30. The fourth-order valence-corrected chi connectivity index (χ4v) is 1.91. The van der Waals surface area contributed by atoms with Crippen molar-refractivity contribution in [2.24, 2.45) is 5.73 Å². The molecule has 0 saturated carbocycles. The minimum atomic E-state index is -0.399. The Labute approximate surface area is 118 Å². The Morgan fingerprint density at radius 3 is 2.50 bits per heavy atom. The number of ether oxygens (including phenoxy) is 2. The van der Waals surface area contributed by atoms with Gasteiger partial charge in [-0.1, -0.05) is 24.3 Å². The van der Waals surface area contributed by atoms with E-state index in [2.05, 4.69) is 0 Å². The van der Waals surface area contributed by atoms with Crippen LogP contribution in [-0.4, -0.2) is 13.7 Å². The molecule has 2 rings (SSSR count). The smallest absolute Gasteiger partial charge is 0.131 e. The third-order valence-electron chi connectivity index (χ3n) is 3.05. The fourth-order valence-electron chi connectivity index (χ4n) is 1.91. The average molecular weight is 275 g/mol. The zero-order chi connectivity index (χ0) is 14.4. The van der Waals surface area contributed by atoms with E-state index in [0.717, 1.165) is 5.75 Å². The Hall–Kier alpha value is -2.07. The van der Waals surface area contributed by atoms with E-state index in [9.17, 15) is 4.39 Å². The molecule has 0 amide bonds. The first-order chi connectivity index (χ1) is 9.70. The largest absolute Gasteiger partial charge is 0.497 e. The van der Waals surface area contributed by atoms with Crippen LogP contribution >= 0.6 is 0 Å². The summed E-state index contributed by atoms with van der Waals surface area (Å²) in [6, 6.07) is 13.8. The molecular weight excluding hydrogens is 257 g/mol. The van der Waals surface area contributed by atoms with Gasteiger partial charge in [-0.15, -0.1) is 0 Å². The van der Waals surface area contributed by atoms with E-state index in [1.807, 2.05) is 30.3 Å². The number of rotatable bonds is 6. The number of methoxy groups -OCH3 is 1. The summed E-state index contributed by atoms with van der Waals surface area (Å²) in [4.78, 5) is 0. The van der Waals surface area contributed by atoms with E-state index in [1.54, 1.807) is 12.1 Å².